The lowest BCUT2D eigenvalue weighted by atomic mass is 10.1. The largest absolute Gasteiger partial charge is 0.265 e. The van der Waals surface area contributed by atoms with Gasteiger partial charge in [0.2, 0.25) is 0 Å². The smallest absolute Gasteiger partial charge is 0.0428 e. The molecule has 3 heterocycles. The predicted octanol–water partition coefficient (Wildman–Crippen LogP) is 13.5. The molecule has 0 amide bonds. The van der Waals surface area contributed by atoms with Crippen molar-refractivity contribution in [3.63, 3.8) is 0 Å². The molecule has 0 N–H and O–H groups in total. The zero-order chi connectivity index (χ0) is 26.1. The van der Waals surface area contributed by atoms with Crippen molar-refractivity contribution in [1.82, 2.24) is 15.0 Å². The Morgan fingerprint density at radius 1 is 0.436 bits per heavy atom. The first-order chi connectivity index (χ1) is 15.9. The van der Waals surface area contributed by atoms with Crippen LogP contribution in [0.2, 0.25) is 0 Å². The van der Waals surface area contributed by atoms with E-state index in [2.05, 4.69) is 62.6 Å². The standard InChI is InChI=1S/3C8H11N.3C2H6.6CH4/c1-7(2)8-3-5-9-6-4-8;1-7(2)8-4-3-5-9-6-8;1-7(2)8-5-3-4-6-9-8;3*1-2;;;;;;/h3*3-7H,1-2H3;3*1-2H3;6*1H4. The summed E-state index contributed by atoms with van der Waals surface area (Å²) in [4.78, 5) is 12.1. The second kappa shape index (κ2) is 45.4. The van der Waals surface area contributed by atoms with Crippen LogP contribution in [0.25, 0.3) is 0 Å². The van der Waals surface area contributed by atoms with Crippen LogP contribution in [0, 0.1) is 0 Å². The van der Waals surface area contributed by atoms with Crippen LogP contribution in [0.3, 0.4) is 0 Å². The van der Waals surface area contributed by atoms with E-state index in [1.165, 1.54) is 11.1 Å². The monoisotopic (exact) mass is 550 g/mol. The molecule has 0 atom stereocenters. The summed E-state index contributed by atoms with van der Waals surface area (Å²) in [5.41, 5.74) is 3.82. The summed E-state index contributed by atoms with van der Waals surface area (Å²) in [7, 11) is 0. The first-order valence-electron chi connectivity index (χ1n) is 12.6. The summed E-state index contributed by atoms with van der Waals surface area (Å²) in [6, 6.07) is 14.2. The van der Waals surface area contributed by atoms with Crippen LogP contribution < -0.4 is 0 Å². The van der Waals surface area contributed by atoms with Crippen LogP contribution >= 0.6 is 0 Å². The Morgan fingerprint density at radius 2 is 0.897 bits per heavy atom. The molecule has 39 heavy (non-hydrogen) atoms. The molecular weight excluding hydrogens is 474 g/mol. The Bertz CT molecular complexity index is 607. The van der Waals surface area contributed by atoms with Crippen molar-refractivity contribution in [2.24, 2.45) is 0 Å². The van der Waals surface area contributed by atoms with E-state index >= 15 is 0 Å². The van der Waals surface area contributed by atoms with E-state index in [1.807, 2.05) is 103 Å². The van der Waals surface area contributed by atoms with Gasteiger partial charge in [0, 0.05) is 36.7 Å². The molecule has 0 aromatic carbocycles. The van der Waals surface area contributed by atoms with Gasteiger partial charge in [-0.2, -0.15) is 0 Å². The third kappa shape index (κ3) is 35.5. The number of nitrogens with zero attached hydrogens (tertiary/aromatic N) is 3. The molecule has 3 aromatic heterocycles. The third-order valence-corrected chi connectivity index (χ3v) is 4.00. The van der Waals surface area contributed by atoms with E-state index in [9.17, 15) is 0 Å². The summed E-state index contributed by atoms with van der Waals surface area (Å²) in [5, 5.41) is 0. The van der Waals surface area contributed by atoms with Gasteiger partial charge in [0.1, 0.15) is 0 Å². The van der Waals surface area contributed by atoms with Gasteiger partial charge in [-0.25, -0.2) is 0 Å². The molecule has 3 heteroatoms. The number of hydrogen-bond acceptors (Lipinski definition) is 3. The maximum atomic E-state index is 4.18. The average Bonchev–Trinajstić information content (AvgIpc) is 2.90. The van der Waals surface area contributed by atoms with Crippen molar-refractivity contribution in [2.75, 3.05) is 0 Å². The molecule has 3 rings (SSSR count). The highest BCUT2D eigenvalue weighted by Crippen LogP contribution is 2.11. The van der Waals surface area contributed by atoms with Crippen LogP contribution in [-0.4, -0.2) is 15.0 Å². The molecule has 0 saturated heterocycles. The van der Waals surface area contributed by atoms with Gasteiger partial charge in [0.15, 0.2) is 0 Å². The SMILES string of the molecule is C.C.C.C.C.C.CC.CC.CC.CC(C)c1ccccn1.CC(C)c1cccnc1.CC(C)c1ccncc1. The van der Waals surface area contributed by atoms with Crippen LogP contribution in [0.15, 0.2) is 73.4 Å². The fourth-order valence-corrected chi connectivity index (χ4v) is 2.18. The topological polar surface area (TPSA) is 38.7 Å². The minimum Gasteiger partial charge on any atom is -0.265 e. The molecule has 0 saturated carbocycles. The fourth-order valence-electron chi connectivity index (χ4n) is 2.18. The average molecular weight is 550 g/mol. The Kier molecular flexibility index (Phi) is 70.7. The highest BCUT2D eigenvalue weighted by molar-refractivity contribution is 5.13. The minimum absolute atomic E-state index is 0. The molecule has 0 aliphatic heterocycles. The summed E-state index contributed by atoms with van der Waals surface area (Å²) >= 11 is 0. The van der Waals surface area contributed by atoms with E-state index in [-0.39, 0.29) is 44.6 Å². The van der Waals surface area contributed by atoms with Crippen molar-refractivity contribution < 1.29 is 0 Å². The van der Waals surface area contributed by atoms with Gasteiger partial charge in [0.05, 0.1) is 0 Å². The lowest BCUT2D eigenvalue weighted by Crippen LogP contribution is -1.88. The highest BCUT2D eigenvalue weighted by Gasteiger charge is 1.96. The van der Waals surface area contributed by atoms with E-state index < -0.39 is 0 Å². The van der Waals surface area contributed by atoms with Gasteiger partial charge in [-0.05, 0) is 59.2 Å². The predicted molar refractivity (Wildman–Crippen MR) is 189 cm³/mol. The van der Waals surface area contributed by atoms with Crippen LogP contribution in [0.4, 0.5) is 0 Å². The summed E-state index contributed by atoms with van der Waals surface area (Å²) < 4.78 is 0. The molecule has 234 valence electrons. The van der Waals surface area contributed by atoms with E-state index in [0.29, 0.717) is 17.8 Å². The zero-order valence-corrected chi connectivity index (χ0v) is 23.5. The molecule has 0 spiro atoms. The molecule has 0 aliphatic rings. The first kappa shape index (κ1) is 60.8. The molecule has 0 aliphatic carbocycles. The third-order valence-electron chi connectivity index (χ3n) is 4.00. The van der Waals surface area contributed by atoms with Crippen LogP contribution in [-0.2, 0) is 0 Å². The molecule has 3 aromatic rings. The molecule has 0 unspecified atom stereocenters. The van der Waals surface area contributed by atoms with Crippen LogP contribution in [0.5, 0.6) is 0 Å². The normalized spacial score (nSPS) is 7.46. The van der Waals surface area contributed by atoms with E-state index in [0.717, 1.165) is 5.69 Å². The quantitative estimate of drug-likeness (QED) is 0.326. The van der Waals surface area contributed by atoms with Crippen molar-refractivity contribution in [3.8, 4) is 0 Å². The maximum absolute atomic E-state index is 4.18. The van der Waals surface area contributed by atoms with E-state index in [1.54, 1.807) is 6.20 Å². The number of rotatable bonds is 3. The van der Waals surface area contributed by atoms with Gasteiger partial charge in [-0.3, -0.25) is 15.0 Å². The van der Waals surface area contributed by atoms with Gasteiger partial charge in [-0.15, -0.1) is 0 Å². The number of hydrogen-bond donors (Lipinski definition) is 0. The lowest BCUT2D eigenvalue weighted by molar-refractivity contribution is 0.823. The van der Waals surface area contributed by atoms with Gasteiger partial charge in [0.25, 0.3) is 0 Å². The minimum atomic E-state index is 0. The molecule has 3 nitrogen and oxygen atoms in total. The highest BCUT2D eigenvalue weighted by atomic mass is 14.7. The van der Waals surface area contributed by atoms with Gasteiger partial charge >= 0.3 is 0 Å². The van der Waals surface area contributed by atoms with Gasteiger partial charge < -0.3 is 0 Å². The van der Waals surface area contributed by atoms with Crippen molar-refractivity contribution in [3.05, 3.63) is 90.3 Å². The Labute approximate surface area is 250 Å². The number of aromatic nitrogens is 3. The molecule has 0 bridgehead atoms. The van der Waals surface area contributed by atoms with Gasteiger partial charge in [-0.1, -0.05) is 140 Å². The first-order valence-corrected chi connectivity index (χ1v) is 12.6. The summed E-state index contributed by atoms with van der Waals surface area (Å²) in [6.45, 7) is 25.0. The second-order valence-corrected chi connectivity index (χ2v) is 7.29. The summed E-state index contributed by atoms with van der Waals surface area (Å²) in [5.74, 6) is 1.76. The zero-order valence-electron chi connectivity index (χ0n) is 23.5. The van der Waals surface area contributed by atoms with Crippen molar-refractivity contribution in [2.45, 2.75) is 145 Å². The van der Waals surface area contributed by atoms with Crippen LogP contribution in [0.1, 0.15) is 162 Å². The Balaban J connectivity index is -0.0000000420. The Hall–Kier alpha value is -2.55. The second-order valence-electron chi connectivity index (χ2n) is 7.29. The fraction of sp³-hybridized carbons (Fsp3) is 0.583. The van der Waals surface area contributed by atoms with Crippen molar-refractivity contribution in [1.29, 1.82) is 0 Å². The number of pyridine rings is 3. The lowest BCUT2D eigenvalue weighted by Gasteiger charge is -2.01. The van der Waals surface area contributed by atoms with Crippen molar-refractivity contribution >= 4 is 0 Å². The molecule has 0 radical (unpaired) electrons. The molecule has 0 fully saturated rings. The Morgan fingerprint density at radius 3 is 1.13 bits per heavy atom. The maximum Gasteiger partial charge on any atom is 0.0428 e. The summed E-state index contributed by atoms with van der Waals surface area (Å²) in [6.07, 6.45) is 9.19. The molecular formula is C36H75N3. The van der Waals surface area contributed by atoms with E-state index in [4.69, 9.17) is 0 Å².